The quantitative estimate of drug-likeness (QED) is 0.742. The molecular weight excluding hydrogens is 309 g/mol. The molecule has 0 atom stereocenters. The zero-order valence-corrected chi connectivity index (χ0v) is 11.9. The molecule has 0 aliphatic heterocycles. The van der Waals surface area contributed by atoms with Crippen LogP contribution in [0.4, 0.5) is 13.2 Å². The van der Waals surface area contributed by atoms with Crippen molar-refractivity contribution < 1.29 is 17.9 Å². The van der Waals surface area contributed by atoms with Crippen molar-refractivity contribution in [3.8, 4) is 22.8 Å². The lowest BCUT2D eigenvalue weighted by atomic mass is 10.1. The Labute approximate surface area is 129 Å². The molecule has 0 unspecified atom stereocenters. The van der Waals surface area contributed by atoms with Crippen molar-refractivity contribution in [1.29, 1.82) is 0 Å². The van der Waals surface area contributed by atoms with E-state index in [1.54, 1.807) is 25.4 Å². The molecule has 3 rings (SSSR count). The third-order valence-corrected chi connectivity index (χ3v) is 3.14. The van der Waals surface area contributed by atoms with Gasteiger partial charge in [0.15, 0.2) is 0 Å². The van der Waals surface area contributed by atoms with Gasteiger partial charge in [0.2, 0.25) is 0 Å². The highest BCUT2D eigenvalue weighted by atomic mass is 19.4. The fourth-order valence-electron chi connectivity index (χ4n) is 1.98. The van der Waals surface area contributed by atoms with Gasteiger partial charge in [-0.05, 0) is 23.8 Å². The molecule has 2 heterocycles. The van der Waals surface area contributed by atoms with Crippen LogP contribution < -0.4 is 4.74 Å². The smallest absolute Gasteiger partial charge is 0.433 e. The van der Waals surface area contributed by atoms with Gasteiger partial charge in [0.1, 0.15) is 11.4 Å². The molecule has 0 amide bonds. The highest BCUT2D eigenvalue weighted by Crippen LogP contribution is 2.27. The molecule has 0 N–H and O–H groups in total. The van der Waals surface area contributed by atoms with Crippen LogP contribution in [0.5, 0.6) is 5.75 Å². The SMILES string of the molecule is COc1ccc(-c2cnn(-c3nccc(C(F)(F)F)n3)c2)cc1. The minimum Gasteiger partial charge on any atom is -0.497 e. The second kappa shape index (κ2) is 5.71. The second-order valence-corrected chi connectivity index (χ2v) is 4.64. The summed E-state index contributed by atoms with van der Waals surface area (Å²) in [6.07, 6.45) is -0.369. The summed E-state index contributed by atoms with van der Waals surface area (Å²) in [7, 11) is 1.57. The average Bonchev–Trinajstić information content (AvgIpc) is 3.04. The summed E-state index contributed by atoms with van der Waals surface area (Å²) in [4.78, 5) is 7.32. The number of methoxy groups -OCH3 is 1. The van der Waals surface area contributed by atoms with Gasteiger partial charge < -0.3 is 4.74 Å². The first-order valence-electron chi connectivity index (χ1n) is 6.57. The van der Waals surface area contributed by atoms with E-state index in [1.807, 2.05) is 12.1 Å². The van der Waals surface area contributed by atoms with Gasteiger partial charge in [-0.3, -0.25) is 0 Å². The number of hydrogen-bond donors (Lipinski definition) is 0. The first-order chi connectivity index (χ1) is 11.0. The van der Waals surface area contributed by atoms with Crippen LogP contribution in [0.3, 0.4) is 0 Å². The van der Waals surface area contributed by atoms with Crippen molar-refractivity contribution in [2.24, 2.45) is 0 Å². The van der Waals surface area contributed by atoms with Crippen LogP contribution >= 0.6 is 0 Å². The van der Waals surface area contributed by atoms with Gasteiger partial charge in [0.25, 0.3) is 5.95 Å². The summed E-state index contributed by atoms with van der Waals surface area (Å²) in [5.41, 5.74) is 0.571. The van der Waals surface area contributed by atoms with Crippen LogP contribution in [0.15, 0.2) is 48.9 Å². The Morgan fingerprint density at radius 2 is 1.78 bits per heavy atom. The van der Waals surface area contributed by atoms with Crippen molar-refractivity contribution in [1.82, 2.24) is 19.7 Å². The minimum absolute atomic E-state index is 0.139. The molecule has 2 aromatic heterocycles. The lowest BCUT2D eigenvalue weighted by Gasteiger charge is -2.06. The lowest BCUT2D eigenvalue weighted by molar-refractivity contribution is -0.141. The summed E-state index contributed by atoms with van der Waals surface area (Å²) in [6.45, 7) is 0. The zero-order valence-electron chi connectivity index (χ0n) is 11.9. The molecule has 0 aliphatic carbocycles. The monoisotopic (exact) mass is 320 g/mol. The number of halogens is 3. The van der Waals surface area contributed by atoms with E-state index in [9.17, 15) is 13.2 Å². The van der Waals surface area contributed by atoms with Crippen molar-refractivity contribution in [2.75, 3.05) is 7.11 Å². The van der Waals surface area contributed by atoms with Gasteiger partial charge in [-0.2, -0.15) is 18.3 Å². The third-order valence-electron chi connectivity index (χ3n) is 3.14. The summed E-state index contributed by atoms with van der Waals surface area (Å²) < 4.78 is 44.4. The molecule has 0 spiro atoms. The van der Waals surface area contributed by atoms with Crippen LogP contribution in [-0.4, -0.2) is 26.9 Å². The molecular formula is C15H11F3N4O. The normalized spacial score (nSPS) is 11.5. The van der Waals surface area contributed by atoms with E-state index in [-0.39, 0.29) is 5.95 Å². The van der Waals surface area contributed by atoms with Gasteiger partial charge >= 0.3 is 6.18 Å². The van der Waals surface area contributed by atoms with Crippen LogP contribution in [0.25, 0.3) is 17.1 Å². The molecule has 0 saturated heterocycles. The Bertz CT molecular complexity index is 812. The van der Waals surface area contributed by atoms with E-state index in [2.05, 4.69) is 15.1 Å². The minimum atomic E-state index is -4.52. The van der Waals surface area contributed by atoms with Crippen molar-refractivity contribution in [3.63, 3.8) is 0 Å². The highest BCUT2D eigenvalue weighted by molar-refractivity contribution is 5.62. The lowest BCUT2D eigenvalue weighted by Crippen LogP contribution is -2.11. The topological polar surface area (TPSA) is 52.8 Å². The molecule has 1 aromatic carbocycles. The molecule has 5 nitrogen and oxygen atoms in total. The van der Waals surface area contributed by atoms with Gasteiger partial charge in [-0.15, -0.1) is 0 Å². The molecule has 0 fully saturated rings. The number of hydrogen-bond acceptors (Lipinski definition) is 4. The van der Waals surface area contributed by atoms with Crippen molar-refractivity contribution >= 4 is 0 Å². The van der Waals surface area contributed by atoms with E-state index < -0.39 is 11.9 Å². The van der Waals surface area contributed by atoms with Gasteiger partial charge in [-0.25, -0.2) is 14.6 Å². The zero-order chi connectivity index (χ0) is 16.4. The maximum atomic E-state index is 12.7. The predicted octanol–water partition coefficient (Wildman–Crippen LogP) is 3.36. The Morgan fingerprint density at radius 1 is 1.04 bits per heavy atom. The number of rotatable bonds is 3. The molecule has 0 aliphatic rings. The standard InChI is InChI=1S/C15H11F3N4O/c1-23-12-4-2-10(3-5-12)11-8-20-22(9-11)14-19-7-6-13(21-14)15(16,17)18/h2-9H,1H3. The van der Waals surface area contributed by atoms with Crippen molar-refractivity contribution in [3.05, 3.63) is 54.6 Å². The van der Waals surface area contributed by atoms with Gasteiger partial charge in [-0.1, -0.05) is 12.1 Å². The van der Waals surface area contributed by atoms with Gasteiger partial charge in [0.05, 0.1) is 13.3 Å². The van der Waals surface area contributed by atoms with Crippen molar-refractivity contribution in [2.45, 2.75) is 6.18 Å². The fraction of sp³-hybridized carbons (Fsp3) is 0.133. The van der Waals surface area contributed by atoms with E-state index in [0.29, 0.717) is 5.75 Å². The number of alkyl halides is 3. The molecule has 0 bridgehead atoms. The van der Waals surface area contributed by atoms with E-state index >= 15 is 0 Å². The largest absolute Gasteiger partial charge is 0.497 e. The molecule has 118 valence electrons. The van der Waals surface area contributed by atoms with Crippen LogP contribution in [0.2, 0.25) is 0 Å². The fourth-order valence-corrected chi connectivity index (χ4v) is 1.98. The highest BCUT2D eigenvalue weighted by Gasteiger charge is 2.33. The number of nitrogens with zero attached hydrogens (tertiary/aromatic N) is 4. The van der Waals surface area contributed by atoms with Gasteiger partial charge in [0, 0.05) is 18.0 Å². The maximum absolute atomic E-state index is 12.7. The number of benzene rings is 1. The Hall–Kier alpha value is -2.90. The Kier molecular flexibility index (Phi) is 3.73. The molecule has 0 radical (unpaired) electrons. The summed E-state index contributed by atoms with van der Waals surface area (Å²) in [5.74, 6) is 0.571. The summed E-state index contributed by atoms with van der Waals surface area (Å²) >= 11 is 0. The van der Waals surface area contributed by atoms with Crippen LogP contribution in [0, 0.1) is 0 Å². The third kappa shape index (κ3) is 3.15. The predicted molar refractivity (Wildman–Crippen MR) is 76.1 cm³/mol. The maximum Gasteiger partial charge on any atom is 0.433 e. The average molecular weight is 320 g/mol. The summed E-state index contributed by atoms with van der Waals surface area (Å²) in [6, 6.07) is 8.04. The number of ether oxygens (including phenoxy) is 1. The Balaban J connectivity index is 1.92. The number of aromatic nitrogens is 4. The first kappa shape index (κ1) is 15.0. The van der Waals surface area contributed by atoms with Crippen LogP contribution in [-0.2, 0) is 6.18 Å². The molecule has 23 heavy (non-hydrogen) atoms. The molecule has 8 heteroatoms. The van der Waals surface area contributed by atoms with Crippen LogP contribution in [0.1, 0.15) is 5.69 Å². The summed E-state index contributed by atoms with van der Waals surface area (Å²) in [5, 5.41) is 4.02. The Morgan fingerprint density at radius 3 is 2.43 bits per heavy atom. The molecule has 0 saturated carbocycles. The van der Waals surface area contributed by atoms with E-state index in [1.165, 1.54) is 10.9 Å². The first-order valence-corrected chi connectivity index (χ1v) is 6.57. The molecule has 3 aromatic rings. The van der Waals surface area contributed by atoms with E-state index in [4.69, 9.17) is 4.74 Å². The second-order valence-electron chi connectivity index (χ2n) is 4.64. The van der Waals surface area contributed by atoms with E-state index in [0.717, 1.165) is 23.4 Å².